The Balaban J connectivity index is 1.28. The van der Waals surface area contributed by atoms with Crippen molar-refractivity contribution in [1.29, 1.82) is 0 Å². The number of anilines is 1. The molecule has 2 aliphatic rings. The predicted molar refractivity (Wildman–Crippen MR) is 173 cm³/mol. The molecule has 5 N–H and O–H groups in total. The number of phenolic OH excluding ortho intramolecular Hbond substituents is 1. The second-order valence-corrected chi connectivity index (χ2v) is 13.9. The first-order valence-corrected chi connectivity index (χ1v) is 16.9. The Morgan fingerprint density at radius 1 is 0.840 bits per heavy atom. The molecular weight excluding hydrogens is 677 g/mol. The summed E-state index contributed by atoms with van der Waals surface area (Å²) >= 11 is 0. The molecule has 0 bridgehead atoms. The molecule has 0 spiro atoms. The molecule has 7 atom stereocenters. The number of carboxylic acids is 1. The van der Waals surface area contributed by atoms with Gasteiger partial charge in [-0.1, -0.05) is 42.5 Å². The van der Waals surface area contributed by atoms with Crippen molar-refractivity contribution in [2.75, 3.05) is 10.7 Å². The zero-order valence-electron chi connectivity index (χ0n) is 25.8. The first-order valence-electron chi connectivity index (χ1n) is 15.2. The lowest BCUT2D eigenvalue weighted by molar-refractivity contribution is -0.271. The normalized spacial score (nSPS) is 25.1. The van der Waals surface area contributed by atoms with Crippen molar-refractivity contribution in [3.63, 3.8) is 0 Å². The molecular formula is C35H30FNO12S. The molecule has 0 aliphatic carbocycles. The minimum Gasteiger partial charge on any atom is -0.508 e. The second kappa shape index (κ2) is 13.6. The first kappa shape index (κ1) is 34.7. The lowest BCUT2D eigenvalue weighted by atomic mass is 9.90. The summed E-state index contributed by atoms with van der Waals surface area (Å²) in [6.07, 6.45) is -9.09. The number of aliphatic hydroxyl groups is 3. The number of aromatic hydroxyl groups is 1. The van der Waals surface area contributed by atoms with Crippen molar-refractivity contribution in [2.45, 2.75) is 42.0 Å². The van der Waals surface area contributed by atoms with E-state index in [1.807, 2.05) is 0 Å². The highest BCUT2D eigenvalue weighted by Gasteiger charge is 2.57. The molecule has 4 aromatic rings. The van der Waals surface area contributed by atoms with Crippen LogP contribution in [0.2, 0.25) is 0 Å². The van der Waals surface area contributed by atoms with E-state index in [0.717, 1.165) is 24.3 Å². The fourth-order valence-electron chi connectivity index (χ4n) is 5.99. The number of ether oxygens (including phenoxy) is 2. The zero-order valence-corrected chi connectivity index (χ0v) is 26.6. The third kappa shape index (κ3) is 6.56. The number of halogens is 1. The second-order valence-electron chi connectivity index (χ2n) is 11.8. The Labute approximate surface area is 284 Å². The van der Waals surface area contributed by atoms with E-state index in [0.29, 0.717) is 16.8 Å². The summed E-state index contributed by atoms with van der Waals surface area (Å²) in [6.45, 7) is 0. The van der Waals surface area contributed by atoms with Gasteiger partial charge in [0, 0.05) is 16.8 Å². The van der Waals surface area contributed by atoms with Crippen molar-refractivity contribution in [3.8, 4) is 22.6 Å². The van der Waals surface area contributed by atoms with Crippen molar-refractivity contribution in [2.24, 2.45) is 0 Å². The van der Waals surface area contributed by atoms with Crippen molar-refractivity contribution >= 4 is 33.2 Å². The highest BCUT2D eigenvalue weighted by Crippen LogP contribution is 2.46. The van der Waals surface area contributed by atoms with Crippen LogP contribution in [0.15, 0.2) is 97.1 Å². The molecule has 50 heavy (non-hydrogen) atoms. The Morgan fingerprint density at radius 2 is 1.52 bits per heavy atom. The molecule has 3 unspecified atom stereocenters. The Bertz CT molecular complexity index is 2040. The van der Waals surface area contributed by atoms with Crippen LogP contribution < -0.4 is 9.64 Å². The number of carbonyl (C=O) groups is 3. The third-order valence-electron chi connectivity index (χ3n) is 8.55. The highest BCUT2D eigenvalue weighted by molar-refractivity contribution is 7.93. The van der Waals surface area contributed by atoms with Crippen LogP contribution in [0.4, 0.5) is 10.1 Å². The summed E-state index contributed by atoms with van der Waals surface area (Å²) in [5.74, 6) is -5.13. The van der Waals surface area contributed by atoms with E-state index < -0.39 is 81.1 Å². The van der Waals surface area contributed by atoms with E-state index in [4.69, 9.17) is 9.47 Å². The molecule has 13 nitrogen and oxygen atoms in total. The first-order chi connectivity index (χ1) is 23.8. The molecule has 6 rings (SSSR count). The Kier molecular flexibility index (Phi) is 9.44. The largest absolute Gasteiger partial charge is 0.508 e. The van der Waals surface area contributed by atoms with Gasteiger partial charge in [-0.15, -0.1) is 0 Å². The van der Waals surface area contributed by atoms with Crippen LogP contribution in [0, 0.1) is 5.82 Å². The quantitative estimate of drug-likeness (QED) is 0.119. The van der Waals surface area contributed by atoms with Gasteiger partial charge in [0.05, 0.1) is 6.04 Å². The minimum absolute atomic E-state index is 0.0448. The third-order valence-corrected chi connectivity index (χ3v) is 10.4. The molecule has 15 heteroatoms. The average Bonchev–Trinajstić information content (AvgIpc) is 3.08. The number of para-hydroxylation sites is 1. The summed E-state index contributed by atoms with van der Waals surface area (Å²) in [5.41, 5.74) is 1.25. The number of β-lactam (4-membered cyclic amide) rings is 1. The molecule has 2 aliphatic heterocycles. The Hall–Kier alpha value is -5.19. The lowest BCUT2D eigenvalue weighted by Crippen LogP contribution is -2.63. The summed E-state index contributed by atoms with van der Waals surface area (Å²) in [6, 6.07) is 21.8. The van der Waals surface area contributed by atoms with E-state index in [2.05, 4.69) is 0 Å². The van der Waals surface area contributed by atoms with E-state index >= 15 is 0 Å². The monoisotopic (exact) mass is 707 g/mol. The van der Waals surface area contributed by atoms with Gasteiger partial charge >= 0.3 is 5.97 Å². The van der Waals surface area contributed by atoms with E-state index in [-0.39, 0.29) is 22.6 Å². The highest BCUT2D eigenvalue weighted by atomic mass is 32.2. The topological polar surface area (TPSA) is 208 Å². The number of carboxylic acid groups (broad SMARTS) is 1. The van der Waals surface area contributed by atoms with Gasteiger partial charge in [-0.2, -0.15) is 0 Å². The number of hydrogen-bond acceptors (Lipinski definition) is 11. The van der Waals surface area contributed by atoms with E-state index in [9.17, 15) is 52.7 Å². The van der Waals surface area contributed by atoms with Gasteiger partial charge in [0.25, 0.3) is 0 Å². The number of phenols is 1. The fourth-order valence-corrected chi connectivity index (χ4v) is 7.78. The molecule has 0 saturated carbocycles. The molecule has 2 saturated heterocycles. The number of aliphatic carboxylic acids is 1. The lowest BCUT2D eigenvalue weighted by Gasteiger charge is -2.46. The van der Waals surface area contributed by atoms with E-state index in [1.54, 1.807) is 48.5 Å². The molecule has 260 valence electrons. The summed E-state index contributed by atoms with van der Waals surface area (Å²) in [5, 5.41) is 49.3. The zero-order chi connectivity index (χ0) is 35.9. The number of hydrogen-bond donors (Lipinski definition) is 5. The molecule has 4 aromatic carbocycles. The van der Waals surface area contributed by atoms with E-state index in [1.165, 1.54) is 29.2 Å². The van der Waals surface area contributed by atoms with Crippen LogP contribution in [0.3, 0.4) is 0 Å². The maximum absolute atomic E-state index is 13.6. The number of sulfone groups is 1. The SMILES string of the molecule is O=C(CS(=O)(=O)[C@H]1C(=O)N(c2ccccc2)[C@@H]1c1ccc(-c2cccc(O[C@@H]3OC(C(=O)O)C(O)[C@H](O)C3O)c2)cc1O)c1ccc(F)cc1. The smallest absolute Gasteiger partial charge is 0.335 e. The maximum Gasteiger partial charge on any atom is 0.335 e. The van der Waals surface area contributed by atoms with Crippen LogP contribution in [-0.2, 0) is 24.2 Å². The van der Waals surface area contributed by atoms with Crippen molar-refractivity contribution < 1.29 is 62.2 Å². The molecule has 0 radical (unpaired) electrons. The Morgan fingerprint density at radius 3 is 2.18 bits per heavy atom. The molecule has 1 amide bonds. The minimum atomic E-state index is -4.45. The van der Waals surface area contributed by atoms with Crippen molar-refractivity contribution in [3.05, 3.63) is 114 Å². The van der Waals surface area contributed by atoms with Crippen molar-refractivity contribution in [1.82, 2.24) is 0 Å². The number of ketones is 1. The number of rotatable bonds is 10. The number of benzene rings is 4. The summed E-state index contributed by atoms with van der Waals surface area (Å²) < 4.78 is 51.4. The number of Topliss-reactive ketones (excluding diaryl/α,β-unsaturated/α-hetero) is 1. The number of nitrogens with zero attached hydrogens (tertiary/aromatic N) is 1. The van der Waals surface area contributed by atoms with Gasteiger partial charge in [-0.3, -0.25) is 9.59 Å². The molecule has 2 fully saturated rings. The molecule has 0 aromatic heterocycles. The average molecular weight is 708 g/mol. The maximum atomic E-state index is 13.6. The van der Waals surface area contributed by atoms with Crippen LogP contribution in [0.1, 0.15) is 22.0 Å². The number of carbonyl (C=O) groups excluding carboxylic acids is 2. The van der Waals surface area contributed by atoms with Gasteiger partial charge in [0.1, 0.15) is 41.4 Å². The fraction of sp³-hybridized carbons (Fsp3) is 0.229. The predicted octanol–water partition coefficient (Wildman–Crippen LogP) is 2.22. The van der Waals surface area contributed by atoms with Crippen LogP contribution in [-0.4, -0.2) is 93.3 Å². The van der Waals surface area contributed by atoms with Crippen LogP contribution in [0.25, 0.3) is 11.1 Å². The van der Waals surface area contributed by atoms with Gasteiger partial charge in [0.15, 0.2) is 27.0 Å². The summed E-state index contributed by atoms with van der Waals surface area (Å²) in [7, 11) is -4.45. The van der Waals surface area contributed by atoms with Gasteiger partial charge in [-0.05, 0) is 65.7 Å². The standard InChI is InChI=1S/C35H30FNO12S/c36-21-12-9-18(10-13-21)26(39)17-50(46,47)32-27(37(33(32)43)22-6-2-1-3-7-22)24-14-11-20(16-25(24)38)19-5-4-8-23(15-19)48-35-30(42)28(40)29(41)31(49-35)34(44)45/h1-16,27-32,35,38,40-42H,17H2,(H,44,45)/t27-,28+,29?,30?,31?,32-,35-/m1/s1. The number of amides is 1. The van der Waals surface area contributed by atoms with Gasteiger partial charge in [-0.25, -0.2) is 17.6 Å². The number of aliphatic hydroxyl groups excluding tert-OH is 3. The summed E-state index contributed by atoms with van der Waals surface area (Å²) in [4.78, 5) is 39.0. The van der Waals surface area contributed by atoms with Gasteiger partial charge in [0.2, 0.25) is 12.2 Å². The molecule has 2 heterocycles. The van der Waals surface area contributed by atoms with Crippen LogP contribution >= 0.6 is 0 Å². The van der Waals surface area contributed by atoms with Crippen LogP contribution in [0.5, 0.6) is 11.5 Å². The van der Waals surface area contributed by atoms with Gasteiger partial charge < -0.3 is 39.9 Å².